The lowest BCUT2D eigenvalue weighted by atomic mass is 10.1. The Bertz CT molecular complexity index is 708. The van der Waals surface area contributed by atoms with Gasteiger partial charge in [0.05, 0.1) is 16.8 Å². The summed E-state index contributed by atoms with van der Waals surface area (Å²) < 4.78 is 1.70. The Morgan fingerprint density at radius 1 is 1.18 bits per heavy atom. The lowest BCUT2D eigenvalue weighted by Gasteiger charge is -2.07. The van der Waals surface area contributed by atoms with Gasteiger partial charge in [0.25, 0.3) is 0 Å². The maximum absolute atomic E-state index is 9.15. The molecular formula is C13H8N4. The van der Waals surface area contributed by atoms with Crippen molar-refractivity contribution in [2.45, 2.75) is 0 Å². The van der Waals surface area contributed by atoms with Crippen molar-refractivity contribution < 1.29 is 0 Å². The van der Waals surface area contributed by atoms with Gasteiger partial charge in [0.1, 0.15) is 6.07 Å². The minimum Gasteiger partial charge on any atom is -0.255 e. The molecule has 1 aromatic carbocycles. The molecule has 0 aliphatic heterocycles. The molecule has 0 bridgehead atoms. The Hall–Kier alpha value is -2.67. The highest BCUT2D eigenvalue weighted by Crippen LogP contribution is 2.23. The van der Waals surface area contributed by atoms with Crippen molar-refractivity contribution in [2.75, 3.05) is 0 Å². The van der Waals surface area contributed by atoms with Crippen LogP contribution in [-0.4, -0.2) is 14.8 Å². The fourth-order valence-corrected chi connectivity index (χ4v) is 1.86. The number of fused-ring (bicyclic) bond motifs is 1. The van der Waals surface area contributed by atoms with Crippen LogP contribution in [0.15, 0.2) is 48.9 Å². The molecule has 0 unspecified atom stereocenters. The summed E-state index contributed by atoms with van der Waals surface area (Å²) in [6, 6.07) is 11.7. The van der Waals surface area contributed by atoms with Crippen LogP contribution in [0.4, 0.5) is 0 Å². The van der Waals surface area contributed by atoms with Gasteiger partial charge >= 0.3 is 0 Å². The third-order valence-corrected chi connectivity index (χ3v) is 2.60. The highest BCUT2D eigenvalue weighted by atomic mass is 15.3. The van der Waals surface area contributed by atoms with E-state index in [9.17, 15) is 0 Å². The summed E-state index contributed by atoms with van der Waals surface area (Å²) >= 11 is 0. The number of nitrogens with zero attached hydrogens (tertiary/aromatic N) is 4. The van der Waals surface area contributed by atoms with Crippen LogP contribution in [0.25, 0.3) is 16.6 Å². The summed E-state index contributed by atoms with van der Waals surface area (Å²) in [5.41, 5.74) is 2.16. The zero-order valence-corrected chi connectivity index (χ0v) is 8.91. The van der Waals surface area contributed by atoms with Crippen molar-refractivity contribution in [3.63, 3.8) is 0 Å². The number of nitriles is 1. The van der Waals surface area contributed by atoms with Gasteiger partial charge in [-0.25, -0.2) is 4.68 Å². The Labute approximate surface area is 97.8 Å². The van der Waals surface area contributed by atoms with Crippen molar-refractivity contribution in [3.05, 3.63) is 54.5 Å². The van der Waals surface area contributed by atoms with Gasteiger partial charge in [-0.2, -0.15) is 10.4 Å². The molecule has 4 nitrogen and oxygen atoms in total. The summed E-state index contributed by atoms with van der Waals surface area (Å²) in [7, 11) is 0. The van der Waals surface area contributed by atoms with Gasteiger partial charge < -0.3 is 0 Å². The van der Waals surface area contributed by atoms with E-state index in [4.69, 9.17) is 5.26 Å². The van der Waals surface area contributed by atoms with E-state index >= 15 is 0 Å². The summed E-state index contributed by atoms with van der Waals surface area (Å²) in [5.74, 6) is 0. The Morgan fingerprint density at radius 3 is 2.82 bits per heavy atom. The van der Waals surface area contributed by atoms with Crippen molar-refractivity contribution in [3.8, 4) is 11.8 Å². The van der Waals surface area contributed by atoms with Crippen LogP contribution in [0.1, 0.15) is 5.56 Å². The summed E-state index contributed by atoms with van der Waals surface area (Å²) in [6.45, 7) is 0. The number of hydrogen-bond donors (Lipinski definition) is 0. The first-order valence-electron chi connectivity index (χ1n) is 5.18. The van der Waals surface area contributed by atoms with Crippen LogP contribution < -0.4 is 0 Å². The second-order valence-corrected chi connectivity index (χ2v) is 3.60. The molecule has 0 N–H and O–H groups in total. The molecule has 0 atom stereocenters. The molecule has 3 aromatic rings. The molecule has 3 rings (SSSR count). The van der Waals surface area contributed by atoms with E-state index in [1.165, 1.54) is 0 Å². The summed E-state index contributed by atoms with van der Waals surface area (Å²) in [5, 5.41) is 14.3. The molecule has 0 radical (unpaired) electrons. The van der Waals surface area contributed by atoms with Crippen LogP contribution in [-0.2, 0) is 0 Å². The van der Waals surface area contributed by atoms with E-state index in [0.29, 0.717) is 5.56 Å². The second kappa shape index (κ2) is 3.72. The molecule has 0 aliphatic carbocycles. The number of benzene rings is 1. The van der Waals surface area contributed by atoms with Crippen LogP contribution in [0, 0.1) is 11.3 Å². The van der Waals surface area contributed by atoms with Crippen LogP contribution in [0.5, 0.6) is 0 Å². The molecule has 0 spiro atoms. The maximum atomic E-state index is 9.15. The van der Waals surface area contributed by atoms with Gasteiger partial charge in [0, 0.05) is 24.0 Å². The van der Waals surface area contributed by atoms with E-state index < -0.39 is 0 Å². The van der Waals surface area contributed by atoms with Crippen LogP contribution in [0.2, 0.25) is 0 Å². The fourth-order valence-electron chi connectivity index (χ4n) is 1.86. The average Bonchev–Trinajstić information content (AvgIpc) is 2.91. The number of para-hydroxylation sites is 1. The van der Waals surface area contributed by atoms with Gasteiger partial charge in [0.15, 0.2) is 0 Å². The van der Waals surface area contributed by atoms with Crippen molar-refractivity contribution in [1.82, 2.24) is 14.8 Å². The Morgan fingerprint density at radius 2 is 2.06 bits per heavy atom. The first kappa shape index (κ1) is 9.55. The topological polar surface area (TPSA) is 54.5 Å². The third-order valence-electron chi connectivity index (χ3n) is 2.60. The first-order chi connectivity index (χ1) is 8.40. The molecular weight excluding hydrogens is 212 g/mol. The van der Waals surface area contributed by atoms with Gasteiger partial charge in [-0.3, -0.25) is 4.98 Å². The molecule has 2 heterocycles. The van der Waals surface area contributed by atoms with Gasteiger partial charge in [-0.15, -0.1) is 0 Å². The van der Waals surface area contributed by atoms with E-state index in [2.05, 4.69) is 16.2 Å². The predicted molar refractivity (Wildman–Crippen MR) is 63.6 cm³/mol. The van der Waals surface area contributed by atoms with Gasteiger partial charge in [0.2, 0.25) is 0 Å². The maximum Gasteiger partial charge on any atom is 0.103 e. The van der Waals surface area contributed by atoms with Crippen LogP contribution >= 0.6 is 0 Å². The molecule has 0 fully saturated rings. The zero-order valence-electron chi connectivity index (χ0n) is 8.91. The lowest BCUT2D eigenvalue weighted by molar-refractivity contribution is 0.883. The van der Waals surface area contributed by atoms with E-state index in [1.54, 1.807) is 17.1 Å². The average molecular weight is 220 g/mol. The van der Waals surface area contributed by atoms with E-state index in [-0.39, 0.29) is 0 Å². The molecule has 0 aliphatic rings. The van der Waals surface area contributed by atoms with Gasteiger partial charge in [-0.1, -0.05) is 18.2 Å². The molecule has 17 heavy (non-hydrogen) atoms. The van der Waals surface area contributed by atoms with Crippen LogP contribution in [0.3, 0.4) is 0 Å². The number of pyridine rings is 1. The Balaban J connectivity index is 2.45. The third kappa shape index (κ3) is 1.45. The monoisotopic (exact) mass is 220 g/mol. The summed E-state index contributed by atoms with van der Waals surface area (Å²) in [4.78, 5) is 4.26. The SMILES string of the molecule is N#Cc1cnc2ccccc2c1-n1cccn1. The molecule has 4 heteroatoms. The molecule has 2 aromatic heterocycles. The quantitative estimate of drug-likeness (QED) is 0.632. The molecule has 80 valence electrons. The molecule has 0 amide bonds. The largest absolute Gasteiger partial charge is 0.255 e. The smallest absolute Gasteiger partial charge is 0.103 e. The lowest BCUT2D eigenvalue weighted by Crippen LogP contribution is -2.00. The molecule has 0 saturated heterocycles. The number of rotatable bonds is 1. The Kier molecular flexibility index (Phi) is 2.09. The van der Waals surface area contributed by atoms with E-state index in [0.717, 1.165) is 16.6 Å². The minimum absolute atomic E-state index is 0.521. The summed E-state index contributed by atoms with van der Waals surface area (Å²) in [6.07, 6.45) is 5.10. The van der Waals surface area contributed by atoms with E-state index in [1.807, 2.05) is 36.5 Å². The second-order valence-electron chi connectivity index (χ2n) is 3.60. The number of aromatic nitrogens is 3. The molecule has 0 saturated carbocycles. The first-order valence-corrected chi connectivity index (χ1v) is 5.18. The highest BCUT2D eigenvalue weighted by molar-refractivity contribution is 5.89. The zero-order chi connectivity index (χ0) is 11.7. The van der Waals surface area contributed by atoms with Crippen molar-refractivity contribution in [1.29, 1.82) is 5.26 Å². The van der Waals surface area contributed by atoms with Crippen molar-refractivity contribution in [2.24, 2.45) is 0 Å². The standard InChI is InChI=1S/C13H8N4/c14-8-10-9-15-12-5-2-1-4-11(12)13(10)17-7-3-6-16-17/h1-7,9H. The predicted octanol–water partition coefficient (Wildman–Crippen LogP) is 2.29. The van der Waals surface area contributed by atoms with Gasteiger partial charge in [-0.05, 0) is 12.1 Å². The number of hydrogen-bond acceptors (Lipinski definition) is 3. The minimum atomic E-state index is 0.521. The highest BCUT2D eigenvalue weighted by Gasteiger charge is 2.10. The fraction of sp³-hybridized carbons (Fsp3) is 0. The van der Waals surface area contributed by atoms with Crippen molar-refractivity contribution >= 4 is 10.9 Å². The normalized spacial score (nSPS) is 10.3.